The third kappa shape index (κ3) is 8.16. The lowest BCUT2D eigenvalue weighted by Crippen LogP contribution is -2.38. The number of nitrogens with one attached hydrogen (secondary N) is 1. The van der Waals surface area contributed by atoms with Crippen molar-refractivity contribution in [1.29, 1.82) is 0 Å². The summed E-state index contributed by atoms with van der Waals surface area (Å²) < 4.78 is 1.81. The molecule has 0 saturated carbocycles. The van der Waals surface area contributed by atoms with Crippen LogP contribution in [0.3, 0.4) is 0 Å². The van der Waals surface area contributed by atoms with E-state index in [2.05, 4.69) is 33.5 Å². The quantitative estimate of drug-likeness (QED) is 0.491. The Morgan fingerprint density at radius 1 is 1.10 bits per heavy atom. The van der Waals surface area contributed by atoms with E-state index in [1.165, 1.54) is 10.4 Å². The second kappa shape index (κ2) is 13.3. The van der Waals surface area contributed by atoms with Gasteiger partial charge in [0.2, 0.25) is 5.91 Å². The molecule has 0 radical (unpaired) electrons. The van der Waals surface area contributed by atoms with Crippen molar-refractivity contribution in [2.24, 2.45) is 5.73 Å². The predicted molar refractivity (Wildman–Crippen MR) is 124 cm³/mol. The molecule has 3 aromatic rings. The molecular formula is C20H27Cl2N5OS. The Morgan fingerprint density at radius 2 is 1.90 bits per heavy atom. The highest BCUT2D eigenvalue weighted by atomic mass is 35.5. The maximum Gasteiger partial charge on any atom is 0.239 e. The third-order valence-electron chi connectivity index (χ3n) is 4.24. The standard InChI is InChI=1S/C20H25N5OS.2ClH/c21-10-13-24(12-9-17-5-2-1-3-6-17)16-20(26)23-19-8-11-22-25(19)15-18-7-4-14-27-18;;/h1-8,11,14H,9-10,12-13,15-16,21H2,(H,23,26);2*1H. The van der Waals surface area contributed by atoms with Crippen molar-refractivity contribution in [3.05, 3.63) is 70.5 Å². The predicted octanol–water partition coefficient (Wildman–Crippen LogP) is 3.28. The molecule has 2 heterocycles. The number of hydrogen-bond acceptors (Lipinski definition) is 5. The first-order valence-corrected chi connectivity index (χ1v) is 9.93. The van der Waals surface area contributed by atoms with Crippen LogP contribution in [-0.4, -0.2) is 46.8 Å². The van der Waals surface area contributed by atoms with Gasteiger partial charge < -0.3 is 11.1 Å². The van der Waals surface area contributed by atoms with Crippen molar-refractivity contribution in [2.45, 2.75) is 13.0 Å². The Morgan fingerprint density at radius 3 is 2.59 bits per heavy atom. The Balaban J connectivity index is 0.00000210. The van der Waals surface area contributed by atoms with Crippen molar-refractivity contribution >= 4 is 47.9 Å². The molecule has 3 rings (SSSR count). The van der Waals surface area contributed by atoms with Crippen molar-refractivity contribution in [3.63, 3.8) is 0 Å². The number of thiophene rings is 1. The molecule has 3 N–H and O–H groups in total. The average molecular weight is 456 g/mol. The molecule has 1 amide bonds. The van der Waals surface area contributed by atoms with Crippen LogP contribution in [0.25, 0.3) is 0 Å². The molecule has 2 aromatic heterocycles. The topological polar surface area (TPSA) is 76.2 Å². The van der Waals surface area contributed by atoms with Gasteiger partial charge in [-0.2, -0.15) is 5.10 Å². The zero-order valence-corrected chi connectivity index (χ0v) is 18.5. The lowest BCUT2D eigenvalue weighted by molar-refractivity contribution is -0.117. The maximum absolute atomic E-state index is 12.5. The van der Waals surface area contributed by atoms with E-state index in [0.717, 1.165) is 13.0 Å². The minimum Gasteiger partial charge on any atom is -0.329 e. The molecule has 29 heavy (non-hydrogen) atoms. The summed E-state index contributed by atoms with van der Waals surface area (Å²) >= 11 is 1.67. The molecular weight excluding hydrogens is 429 g/mol. The summed E-state index contributed by atoms with van der Waals surface area (Å²) in [7, 11) is 0. The number of nitrogens with zero attached hydrogens (tertiary/aromatic N) is 3. The van der Waals surface area contributed by atoms with Crippen LogP contribution >= 0.6 is 36.2 Å². The van der Waals surface area contributed by atoms with E-state index < -0.39 is 0 Å². The largest absolute Gasteiger partial charge is 0.329 e. The number of hydrogen-bond donors (Lipinski definition) is 2. The van der Waals surface area contributed by atoms with Crippen LogP contribution < -0.4 is 11.1 Å². The number of benzene rings is 1. The smallest absolute Gasteiger partial charge is 0.239 e. The SMILES string of the molecule is Cl.Cl.NCCN(CCc1ccccc1)CC(=O)Nc1ccnn1Cc1cccs1. The Labute approximate surface area is 187 Å². The second-order valence-electron chi connectivity index (χ2n) is 6.30. The minimum atomic E-state index is -0.0514. The molecule has 158 valence electrons. The molecule has 0 atom stereocenters. The molecule has 0 saturated heterocycles. The molecule has 1 aromatic carbocycles. The van der Waals surface area contributed by atoms with Gasteiger partial charge in [-0.25, -0.2) is 4.68 Å². The molecule has 0 spiro atoms. The third-order valence-corrected chi connectivity index (χ3v) is 5.10. The summed E-state index contributed by atoms with van der Waals surface area (Å²) in [4.78, 5) is 15.8. The van der Waals surface area contributed by atoms with Crippen molar-refractivity contribution in [3.8, 4) is 0 Å². The van der Waals surface area contributed by atoms with E-state index in [0.29, 0.717) is 32.0 Å². The number of amides is 1. The fraction of sp³-hybridized carbons (Fsp3) is 0.300. The van der Waals surface area contributed by atoms with Crippen LogP contribution in [0.4, 0.5) is 5.82 Å². The van der Waals surface area contributed by atoms with Gasteiger partial charge in [0.1, 0.15) is 5.82 Å². The molecule has 0 aliphatic rings. The van der Waals surface area contributed by atoms with Gasteiger partial charge in [0.15, 0.2) is 0 Å². The normalized spacial score (nSPS) is 10.3. The fourth-order valence-electron chi connectivity index (χ4n) is 2.88. The van der Waals surface area contributed by atoms with E-state index >= 15 is 0 Å². The number of carbonyl (C=O) groups is 1. The molecule has 0 fully saturated rings. The van der Waals surface area contributed by atoms with Crippen LogP contribution in [0.2, 0.25) is 0 Å². The van der Waals surface area contributed by atoms with Crippen LogP contribution in [0.15, 0.2) is 60.1 Å². The van der Waals surface area contributed by atoms with Crippen LogP contribution in [0, 0.1) is 0 Å². The van der Waals surface area contributed by atoms with Crippen molar-refractivity contribution in [1.82, 2.24) is 14.7 Å². The number of rotatable bonds is 10. The maximum atomic E-state index is 12.5. The molecule has 0 bridgehead atoms. The first-order chi connectivity index (χ1) is 13.2. The van der Waals surface area contributed by atoms with Gasteiger partial charge in [-0.05, 0) is 23.4 Å². The fourth-order valence-corrected chi connectivity index (χ4v) is 3.57. The first-order valence-electron chi connectivity index (χ1n) is 9.05. The highest BCUT2D eigenvalue weighted by Crippen LogP contribution is 2.14. The Kier molecular flexibility index (Phi) is 11.6. The number of nitrogens with two attached hydrogens (primary N) is 1. The van der Waals surface area contributed by atoms with Gasteiger partial charge in [-0.15, -0.1) is 36.2 Å². The van der Waals surface area contributed by atoms with E-state index in [1.807, 2.05) is 35.7 Å². The van der Waals surface area contributed by atoms with Crippen LogP contribution in [-0.2, 0) is 17.8 Å². The first kappa shape index (κ1) is 25.1. The van der Waals surface area contributed by atoms with Gasteiger partial charge in [-0.1, -0.05) is 36.4 Å². The summed E-state index contributed by atoms with van der Waals surface area (Å²) in [6, 6.07) is 16.2. The number of anilines is 1. The average Bonchev–Trinajstić information content (AvgIpc) is 3.34. The number of aromatic nitrogens is 2. The molecule has 9 heteroatoms. The summed E-state index contributed by atoms with van der Waals surface area (Å²) in [5, 5.41) is 9.32. The zero-order chi connectivity index (χ0) is 18.9. The number of halogens is 2. The van der Waals surface area contributed by atoms with Crippen molar-refractivity contribution < 1.29 is 4.79 Å². The molecule has 0 unspecified atom stereocenters. The lowest BCUT2D eigenvalue weighted by Gasteiger charge is -2.21. The molecule has 0 aliphatic carbocycles. The lowest BCUT2D eigenvalue weighted by atomic mass is 10.1. The summed E-state index contributed by atoms with van der Waals surface area (Å²) in [5.74, 6) is 0.661. The van der Waals surface area contributed by atoms with E-state index in [9.17, 15) is 4.79 Å². The van der Waals surface area contributed by atoms with Gasteiger partial charge in [-0.3, -0.25) is 9.69 Å². The van der Waals surface area contributed by atoms with Gasteiger partial charge in [0.25, 0.3) is 0 Å². The van der Waals surface area contributed by atoms with Gasteiger partial charge in [0, 0.05) is 30.6 Å². The summed E-state index contributed by atoms with van der Waals surface area (Å²) in [5.41, 5.74) is 6.98. The molecule has 0 aliphatic heterocycles. The number of carbonyl (C=O) groups excluding carboxylic acids is 1. The molecule has 6 nitrogen and oxygen atoms in total. The Bertz CT molecular complexity index is 827. The zero-order valence-electron chi connectivity index (χ0n) is 16.1. The summed E-state index contributed by atoms with van der Waals surface area (Å²) in [6.45, 7) is 2.98. The summed E-state index contributed by atoms with van der Waals surface area (Å²) in [6.07, 6.45) is 2.60. The van der Waals surface area contributed by atoms with E-state index in [1.54, 1.807) is 22.2 Å². The van der Waals surface area contributed by atoms with Crippen LogP contribution in [0.5, 0.6) is 0 Å². The van der Waals surface area contributed by atoms with Gasteiger partial charge >= 0.3 is 0 Å². The van der Waals surface area contributed by atoms with Gasteiger partial charge in [0.05, 0.1) is 19.3 Å². The van der Waals surface area contributed by atoms with E-state index in [4.69, 9.17) is 5.73 Å². The van der Waals surface area contributed by atoms with Crippen LogP contribution in [0.1, 0.15) is 10.4 Å². The highest BCUT2D eigenvalue weighted by Gasteiger charge is 2.13. The van der Waals surface area contributed by atoms with Crippen molar-refractivity contribution in [2.75, 3.05) is 31.5 Å². The highest BCUT2D eigenvalue weighted by molar-refractivity contribution is 7.09. The second-order valence-corrected chi connectivity index (χ2v) is 7.33. The van der Waals surface area contributed by atoms with E-state index in [-0.39, 0.29) is 30.7 Å². The minimum absolute atomic E-state index is 0. The Hall–Kier alpha value is -1.90. The monoisotopic (exact) mass is 455 g/mol.